The Morgan fingerprint density at radius 1 is 1.30 bits per heavy atom. The van der Waals surface area contributed by atoms with Crippen molar-refractivity contribution in [2.45, 2.75) is 44.5 Å². The maximum absolute atomic E-state index is 10.8. The minimum absolute atomic E-state index is 0.372. The summed E-state index contributed by atoms with van der Waals surface area (Å²) in [6, 6.07) is 0.372. The molecule has 0 aliphatic carbocycles. The van der Waals surface area contributed by atoms with Gasteiger partial charge in [0, 0.05) is 24.5 Å². The highest BCUT2D eigenvalue weighted by molar-refractivity contribution is 5.28. The predicted molar refractivity (Wildman–Crippen MR) is 98.5 cm³/mol. The fraction of sp³-hybridized carbons (Fsp3) is 0.474. The van der Waals surface area contributed by atoms with Crippen molar-refractivity contribution in [3.8, 4) is 0 Å². The minimum Gasteiger partial charge on any atom is -0.389 e. The monoisotopic (exact) mass is 317 g/mol. The van der Waals surface area contributed by atoms with Crippen LogP contribution >= 0.6 is 0 Å². The van der Waals surface area contributed by atoms with Crippen LogP contribution in [0.1, 0.15) is 26.7 Å². The largest absolute Gasteiger partial charge is 0.389 e. The Morgan fingerprint density at radius 2 is 1.96 bits per heavy atom. The second-order valence-corrected chi connectivity index (χ2v) is 6.33. The molecule has 0 aromatic carbocycles. The molecule has 0 radical (unpaired) electrons. The van der Waals surface area contributed by atoms with Crippen molar-refractivity contribution >= 4 is 0 Å². The Balaban J connectivity index is 3.41. The lowest BCUT2D eigenvalue weighted by molar-refractivity contribution is 0.00106. The zero-order valence-electron chi connectivity index (χ0n) is 14.7. The van der Waals surface area contributed by atoms with Gasteiger partial charge in [0.05, 0.1) is 6.10 Å². The number of rotatable bonds is 6. The smallest absolute Gasteiger partial charge is 0.132 e. The molecule has 1 heterocycles. The van der Waals surface area contributed by atoms with Gasteiger partial charge in [0.25, 0.3) is 0 Å². The number of hydrogen-bond donors (Lipinski definition) is 2. The van der Waals surface area contributed by atoms with Gasteiger partial charge in [-0.1, -0.05) is 31.9 Å². The number of aliphatic hydroxyl groups is 1. The van der Waals surface area contributed by atoms with Crippen molar-refractivity contribution in [3.63, 3.8) is 0 Å². The summed E-state index contributed by atoms with van der Waals surface area (Å²) in [6.07, 6.45) is 9.84. The average molecular weight is 317 g/mol. The zero-order valence-corrected chi connectivity index (χ0v) is 14.7. The molecule has 0 amide bonds. The summed E-state index contributed by atoms with van der Waals surface area (Å²) in [4.78, 5) is 4.09. The topological polar surface area (TPSA) is 52.7 Å². The SMILES string of the molecule is C=C/C=C(/C=C)N(/C=C(\C)C=C)C1(N)CN(C)C(C)CCC1O. The lowest BCUT2D eigenvalue weighted by Gasteiger charge is -2.45. The molecule has 4 heteroatoms. The van der Waals surface area contributed by atoms with Gasteiger partial charge in [-0.2, -0.15) is 0 Å². The number of hydrogen-bond acceptors (Lipinski definition) is 4. The van der Waals surface area contributed by atoms with Crippen molar-refractivity contribution in [1.82, 2.24) is 9.80 Å². The van der Waals surface area contributed by atoms with Crippen LogP contribution in [0.3, 0.4) is 0 Å². The van der Waals surface area contributed by atoms with E-state index in [2.05, 4.69) is 31.6 Å². The summed E-state index contributed by atoms with van der Waals surface area (Å²) in [6.45, 7) is 16.1. The van der Waals surface area contributed by atoms with Gasteiger partial charge in [-0.05, 0) is 51.5 Å². The fourth-order valence-corrected chi connectivity index (χ4v) is 2.83. The van der Waals surface area contributed by atoms with E-state index < -0.39 is 11.8 Å². The Kier molecular flexibility index (Phi) is 7.01. The third-order valence-corrected chi connectivity index (χ3v) is 4.57. The molecule has 1 rings (SSSR count). The van der Waals surface area contributed by atoms with Crippen molar-refractivity contribution in [2.24, 2.45) is 5.73 Å². The zero-order chi connectivity index (χ0) is 17.6. The van der Waals surface area contributed by atoms with Gasteiger partial charge >= 0.3 is 0 Å². The summed E-state index contributed by atoms with van der Waals surface area (Å²) >= 11 is 0. The van der Waals surface area contributed by atoms with E-state index >= 15 is 0 Å². The van der Waals surface area contributed by atoms with Crippen LogP contribution in [0.25, 0.3) is 0 Å². The predicted octanol–water partition coefficient (Wildman–Crippen LogP) is 2.76. The van der Waals surface area contributed by atoms with E-state index in [1.165, 1.54) is 0 Å². The fourth-order valence-electron chi connectivity index (χ4n) is 2.83. The number of nitrogens with zero attached hydrogens (tertiary/aromatic N) is 2. The molecule has 3 atom stereocenters. The van der Waals surface area contributed by atoms with Crippen LogP contribution in [0.4, 0.5) is 0 Å². The molecule has 1 aliphatic heterocycles. The van der Waals surface area contributed by atoms with Gasteiger partial charge < -0.3 is 15.7 Å². The Bertz CT molecular complexity index is 509. The van der Waals surface area contributed by atoms with Crippen molar-refractivity contribution in [1.29, 1.82) is 0 Å². The molecule has 3 N–H and O–H groups in total. The van der Waals surface area contributed by atoms with Crippen LogP contribution in [0.5, 0.6) is 0 Å². The summed E-state index contributed by atoms with van der Waals surface area (Å²) in [5.74, 6) is 0. The van der Waals surface area contributed by atoms with E-state index in [0.717, 1.165) is 17.7 Å². The van der Waals surface area contributed by atoms with Gasteiger partial charge in [0.2, 0.25) is 0 Å². The van der Waals surface area contributed by atoms with E-state index in [4.69, 9.17) is 5.73 Å². The van der Waals surface area contributed by atoms with E-state index in [1.54, 1.807) is 18.2 Å². The lowest BCUT2D eigenvalue weighted by atomic mass is 9.97. The highest BCUT2D eigenvalue weighted by atomic mass is 16.3. The first-order valence-corrected chi connectivity index (χ1v) is 8.02. The van der Waals surface area contributed by atoms with Crippen molar-refractivity contribution in [2.75, 3.05) is 13.6 Å². The summed E-state index contributed by atoms with van der Waals surface area (Å²) < 4.78 is 0. The Hall–Kier alpha value is -1.62. The molecule has 1 fully saturated rings. The molecule has 1 aliphatic rings. The molecule has 0 saturated carbocycles. The molecule has 128 valence electrons. The maximum atomic E-state index is 10.8. The molecule has 0 bridgehead atoms. The Morgan fingerprint density at radius 3 is 2.48 bits per heavy atom. The minimum atomic E-state index is -0.952. The first-order valence-electron chi connectivity index (χ1n) is 8.02. The van der Waals surface area contributed by atoms with E-state index in [0.29, 0.717) is 19.0 Å². The van der Waals surface area contributed by atoms with E-state index in [1.807, 2.05) is 31.1 Å². The van der Waals surface area contributed by atoms with Gasteiger partial charge in [-0.15, -0.1) is 0 Å². The Labute approximate surface area is 141 Å². The quantitative estimate of drug-likeness (QED) is 0.584. The molecule has 23 heavy (non-hydrogen) atoms. The van der Waals surface area contributed by atoms with E-state index in [-0.39, 0.29) is 0 Å². The van der Waals surface area contributed by atoms with Crippen LogP contribution < -0.4 is 5.73 Å². The normalized spacial score (nSPS) is 30.5. The second kappa shape index (κ2) is 8.29. The number of likely N-dealkylation sites (tertiary alicyclic amines) is 1. The molecule has 0 spiro atoms. The van der Waals surface area contributed by atoms with Crippen LogP contribution in [0.2, 0.25) is 0 Å². The maximum Gasteiger partial charge on any atom is 0.132 e. The number of allylic oxidation sites excluding steroid dienone is 5. The molecule has 0 aromatic rings. The van der Waals surface area contributed by atoms with Crippen LogP contribution in [-0.2, 0) is 0 Å². The summed E-state index contributed by atoms with van der Waals surface area (Å²) in [5, 5.41) is 10.8. The number of nitrogens with two attached hydrogens (primary N) is 1. The molecule has 1 saturated heterocycles. The third-order valence-electron chi connectivity index (χ3n) is 4.57. The van der Waals surface area contributed by atoms with Gasteiger partial charge in [-0.25, -0.2) is 0 Å². The van der Waals surface area contributed by atoms with Crippen molar-refractivity contribution < 1.29 is 5.11 Å². The van der Waals surface area contributed by atoms with E-state index in [9.17, 15) is 5.11 Å². The summed E-state index contributed by atoms with van der Waals surface area (Å²) in [5.41, 5.74) is 7.54. The molecule has 3 unspecified atom stereocenters. The lowest BCUT2D eigenvalue weighted by Crippen LogP contribution is -2.65. The molecule has 0 aromatic heterocycles. The second-order valence-electron chi connectivity index (χ2n) is 6.33. The van der Waals surface area contributed by atoms with Crippen LogP contribution in [0.15, 0.2) is 61.5 Å². The van der Waals surface area contributed by atoms with Crippen molar-refractivity contribution in [3.05, 3.63) is 61.5 Å². The van der Waals surface area contributed by atoms with Gasteiger partial charge in [-0.3, -0.25) is 4.90 Å². The average Bonchev–Trinajstić information content (AvgIpc) is 2.63. The first-order chi connectivity index (χ1) is 10.8. The molecular formula is C19H31N3O. The highest BCUT2D eigenvalue weighted by Gasteiger charge is 2.43. The highest BCUT2D eigenvalue weighted by Crippen LogP contribution is 2.29. The first kappa shape index (κ1) is 19.4. The number of likely N-dealkylation sites (N-methyl/N-ethyl adjacent to an activating group) is 1. The van der Waals surface area contributed by atoms with Gasteiger partial charge in [0.1, 0.15) is 5.66 Å². The standard InChI is InChI=1S/C19H31N3O/c1-7-10-17(9-3)22(13-15(4)8-2)19(20)14-21(6)16(5)11-12-18(19)23/h7-10,13,16,18,23H,1-3,11-12,14,20H2,4-6H3/b15-13+,17-10-. The molecule has 4 nitrogen and oxygen atoms in total. The van der Waals surface area contributed by atoms with Gasteiger partial charge in [0.15, 0.2) is 0 Å². The van der Waals surface area contributed by atoms with Crippen LogP contribution in [0, 0.1) is 0 Å². The van der Waals surface area contributed by atoms with Crippen LogP contribution in [-0.4, -0.2) is 46.3 Å². The number of aliphatic hydroxyl groups excluding tert-OH is 1. The summed E-state index contributed by atoms with van der Waals surface area (Å²) in [7, 11) is 2.04. The third kappa shape index (κ3) is 4.44. The molecular weight excluding hydrogens is 286 g/mol.